The molecule has 100 valence electrons. The summed E-state index contributed by atoms with van der Waals surface area (Å²) in [5, 5.41) is 2.82. The van der Waals surface area contributed by atoms with Crippen molar-refractivity contribution in [1.82, 2.24) is 14.8 Å². The van der Waals surface area contributed by atoms with Gasteiger partial charge in [0.15, 0.2) is 5.16 Å². The molecular formula is C12H14N4O2S. The molecule has 6 nitrogen and oxygen atoms in total. The highest BCUT2D eigenvalue weighted by Crippen LogP contribution is 2.30. The lowest BCUT2D eigenvalue weighted by Crippen LogP contribution is -2.33. The molecular weight excluding hydrogens is 264 g/mol. The number of nitrogens with one attached hydrogen (secondary N) is 1. The Morgan fingerprint density at radius 2 is 2.05 bits per heavy atom. The van der Waals surface area contributed by atoms with E-state index in [9.17, 15) is 9.59 Å². The third-order valence-electron chi connectivity index (χ3n) is 2.56. The van der Waals surface area contributed by atoms with Crippen molar-refractivity contribution in [2.45, 2.75) is 23.0 Å². The average Bonchev–Trinajstić information content (AvgIpc) is 2.36. The highest BCUT2D eigenvalue weighted by atomic mass is 32.2. The van der Waals surface area contributed by atoms with E-state index in [0.717, 1.165) is 10.5 Å². The quantitative estimate of drug-likeness (QED) is 0.804. The number of aryl methyl sites for hydroxylation is 1. The molecule has 0 saturated heterocycles. The Bertz CT molecular complexity index is 705. The molecule has 0 saturated carbocycles. The van der Waals surface area contributed by atoms with Gasteiger partial charge in [-0.25, -0.2) is 0 Å². The second-order valence-corrected chi connectivity index (χ2v) is 5.14. The van der Waals surface area contributed by atoms with Gasteiger partial charge in [-0.1, -0.05) is 18.2 Å². The van der Waals surface area contributed by atoms with Crippen molar-refractivity contribution >= 4 is 11.8 Å². The predicted octanol–water partition coefficient (Wildman–Crippen LogP) is 0.639. The molecule has 0 aliphatic rings. The summed E-state index contributed by atoms with van der Waals surface area (Å²) in [6.07, 6.45) is 0. The first-order chi connectivity index (χ1) is 8.99. The summed E-state index contributed by atoms with van der Waals surface area (Å²) in [5.74, 6) is 0. The standard InChI is InChI=1S/C12H14N4O2S/c1-7(13)8-5-3-4-6-9(8)19-12-14-10(17)11(18)15-16(12)2/h3-7H,13H2,1-2H3,(H,15,18). The van der Waals surface area contributed by atoms with Crippen LogP contribution in [0.5, 0.6) is 0 Å². The van der Waals surface area contributed by atoms with E-state index in [0.29, 0.717) is 5.16 Å². The van der Waals surface area contributed by atoms with Gasteiger partial charge in [0, 0.05) is 18.0 Å². The molecule has 2 rings (SSSR count). The van der Waals surface area contributed by atoms with Crippen molar-refractivity contribution in [1.29, 1.82) is 0 Å². The van der Waals surface area contributed by atoms with Crippen molar-refractivity contribution in [3.63, 3.8) is 0 Å². The zero-order valence-electron chi connectivity index (χ0n) is 10.6. The van der Waals surface area contributed by atoms with E-state index in [4.69, 9.17) is 5.73 Å². The van der Waals surface area contributed by atoms with E-state index < -0.39 is 11.1 Å². The fourth-order valence-corrected chi connectivity index (χ4v) is 2.63. The molecule has 3 N–H and O–H groups in total. The summed E-state index contributed by atoms with van der Waals surface area (Å²) in [5.41, 5.74) is 5.34. The van der Waals surface area contributed by atoms with Gasteiger partial charge in [0.05, 0.1) is 0 Å². The largest absolute Gasteiger partial charge is 0.339 e. The van der Waals surface area contributed by atoms with Crippen LogP contribution in [0.2, 0.25) is 0 Å². The van der Waals surface area contributed by atoms with Gasteiger partial charge in [-0.2, -0.15) is 4.98 Å². The van der Waals surface area contributed by atoms with Gasteiger partial charge in [-0.05, 0) is 30.3 Å². The van der Waals surface area contributed by atoms with Crippen molar-refractivity contribution in [2.24, 2.45) is 12.8 Å². The molecule has 0 fully saturated rings. The van der Waals surface area contributed by atoms with Crippen LogP contribution in [0, 0.1) is 0 Å². The van der Waals surface area contributed by atoms with Crippen LogP contribution in [0.3, 0.4) is 0 Å². The third kappa shape index (κ3) is 2.94. The average molecular weight is 278 g/mol. The topological polar surface area (TPSA) is 93.8 Å². The van der Waals surface area contributed by atoms with Crippen molar-refractivity contribution < 1.29 is 0 Å². The maximum absolute atomic E-state index is 11.3. The molecule has 0 amide bonds. The molecule has 1 aromatic carbocycles. The smallest absolute Gasteiger partial charge is 0.324 e. The first-order valence-electron chi connectivity index (χ1n) is 5.68. The van der Waals surface area contributed by atoms with Gasteiger partial charge in [-0.3, -0.25) is 19.4 Å². The summed E-state index contributed by atoms with van der Waals surface area (Å²) >= 11 is 1.29. The van der Waals surface area contributed by atoms with Crippen LogP contribution in [0.25, 0.3) is 0 Å². The Kier molecular flexibility index (Phi) is 3.87. The molecule has 0 radical (unpaired) electrons. The Labute approximate surface area is 113 Å². The SMILES string of the molecule is CC(N)c1ccccc1Sc1nc(=O)c(=O)[nH]n1C. The number of nitrogens with two attached hydrogens (primary N) is 1. The molecule has 1 unspecified atom stereocenters. The lowest BCUT2D eigenvalue weighted by molar-refractivity contribution is 0.596. The first kappa shape index (κ1) is 13.6. The molecule has 1 aromatic heterocycles. The van der Waals surface area contributed by atoms with E-state index in [1.807, 2.05) is 31.2 Å². The summed E-state index contributed by atoms with van der Waals surface area (Å²) in [7, 11) is 1.63. The third-order valence-corrected chi connectivity index (χ3v) is 3.70. The number of hydrogen-bond acceptors (Lipinski definition) is 5. The second-order valence-electron chi connectivity index (χ2n) is 4.13. The van der Waals surface area contributed by atoms with Gasteiger partial charge in [0.1, 0.15) is 0 Å². The minimum Gasteiger partial charge on any atom is -0.324 e. The Morgan fingerprint density at radius 1 is 1.37 bits per heavy atom. The maximum atomic E-state index is 11.3. The first-order valence-corrected chi connectivity index (χ1v) is 6.50. The van der Waals surface area contributed by atoms with Gasteiger partial charge in [-0.15, -0.1) is 0 Å². The van der Waals surface area contributed by atoms with Crippen LogP contribution < -0.4 is 16.9 Å². The molecule has 7 heteroatoms. The van der Waals surface area contributed by atoms with Gasteiger partial charge >= 0.3 is 11.1 Å². The number of rotatable bonds is 3. The minimum absolute atomic E-state index is 0.122. The molecule has 0 spiro atoms. The van der Waals surface area contributed by atoms with Gasteiger partial charge < -0.3 is 5.73 Å². The number of aromatic amines is 1. The van der Waals surface area contributed by atoms with Crippen molar-refractivity contribution in [3.8, 4) is 0 Å². The molecule has 0 aliphatic heterocycles. The summed E-state index contributed by atoms with van der Waals surface area (Å²) in [4.78, 5) is 27.1. The zero-order valence-corrected chi connectivity index (χ0v) is 11.4. The fourth-order valence-electron chi connectivity index (χ4n) is 1.60. The minimum atomic E-state index is -0.793. The lowest BCUT2D eigenvalue weighted by atomic mass is 10.1. The monoisotopic (exact) mass is 278 g/mol. The highest BCUT2D eigenvalue weighted by Gasteiger charge is 2.11. The number of aromatic nitrogens is 3. The summed E-state index contributed by atoms with van der Waals surface area (Å²) in [6.45, 7) is 1.89. The molecule has 19 heavy (non-hydrogen) atoms. The van der Waals surface area contributed by atoms with E-state index >= 15 is 0 Å². The van der Waals surface area contributed by atoms with Crippen molar-refractivity contribution in [3.05, 3.63) is 50.5 Å². The molecule has 1 atom stereocenters. The normalized spacial score (nSPS) is 12.4. The predicted molar refractivity (Wildman–Crippen MR) is 73.3 cm³/mol. The van der Waals surface area contributed by atoms with Crippen LogP contribution in [-0.2, 0) is 7.05 Å². The number of H-pyrrole nitrogens is 1. The van der Waals surface area contributed by atoms with E-state index in [2.05, 4.69) is 10.1 Å². The summed E-state index contributed by atoms with van der Waals surface area (Å²) < 4.78 is 1.42. The van der Waals surface area contributed by atoms with Crippen LogP contribution in [0.15, 0.2) is 43.9 Å². The number of nitrogens with zero attached hydrogens (tertiary/aromatic N) is 2. The maximum Gasteiger partial charge on any atom is 0.339 e. The number of hydrogen-bond donors (Lipinski definition) is 2. The van der Waals surface area contributed by atoms with Crippen LogP contribution >= 0.6 is 11.8 Å². The zero-order chi connectivity index (χ0) is 14.0. The molecule has 1 heterocycles. The number of benzene rings is 1. The van der Waals surface area contributed by atoms with Crippen LogP contribution in [0.4, 0.5) is 0 Å². The van der Waals surface area contributed by atoms with Gasteiger partial charge in [0.2, 0.25) is 0 Å². The summed E-state index contributed by atoms with van der Waals surface area (Å²) in [6, 6.07) is 7.50. The Hall–Kier alpha value is -1.86. The second kappa shape index (κ2) is 5.41. The van der Waals surface area contributed by atoms with E-state index in [1.165, 1.54) is 16.4 Å². The highest BCUT2D eigenvalue weighted by molar-refractivity contribution is 7.99. The van der Waals surface area contributed by atoms with Crippen molar-refractivity contribution in [2.75, 3.05) is 0 Å². The lowest BCUT2D eigenvalue weighted by Gasteiger charge is -2.12. The molecule has 0 aliphatic carbocycles. The Morgan fingerprint density at radius 3 is 2.74 bits per heavy atom. The molecule has 2 aromatic rings. The van der Waals surface area contributed by atoms with E-state index in [-0.39, 0.29) is 6.04 Å². The fraction of sp³-hybridized carbons (Fsp3) is 0.250. The van der Waals surface area contributed by atoms with E-state index in [1.54, 1.807) is 7.05 Å². The van der Waals surface area contributed by atoms with Crippen LogP contribution in [-0.4, -0.2) is 14.8 Å². The Balaban J connectivity index is 2.45. The molecule has 0 bridgehead atoms. The van der Waals surface area contributed by atoms with Crippen LogP contribution in [0.1, 0.15) is 18.5 Å². The van der Waals surface area contributed by atoms with Gasteiger partial charge in [0.25, 0.3) is 0 Å².